The monoisotopic (exact) mass is 816 g/mol. The molecular weight excluding hydrogens is 773 g/mol. The topological polar surface area (TPSA) is 94.0 Å². The van der Waals surface area contributed by atoms with Crippen LogP contribution in [0.25, 0.3) is 11.1 Å². The highest BCUT2D eigenvalue weighted by Gasteiger charge is 2.61. The van der Waals surface area contributed by atoms with E-state index in [9.17, 15) is 45.1 Å². The minimum Gasteiger partial charge on any atom is -0.456 e. The first-order valence-corrected chi connectivity index (χ1v) is 18.5. The number of esters is 1. The highest BCUT2D eigenvalue weighted by molar-refractivity contribution is 5.99. The van der Waals surface area contributed by atoms with Gasteiger partial charge < -0.3 is 19.3 Å². The van der Waals surface area contributed by atoms with E-state index in [4.69, 9.17) is 9.47 Å². The summed E-state index contributed by atoms with van der Waals surface area (Å²) in [6.45, 7) is 6.71. The third-order valence-electron chi connectivity index (χ3n) is 10.6. The quantitative estimate of drug-likeness (QED) is 0.118. The maximum Gasteiger partial charge on any atom is 0.416 e. The van der Waals surface area contributed by atoms with Gasteiger partial charge in [0.25, 0.3) is 5.91 Å². The Morgan fingerprint density at radius 2 is 1.52 bits per heavy atom. The van der Waals surface area contributed by atoms with E-state index in [-0.39, 0.29) is 68.2 Å². The summed E-state index contributed by atoms with van der Waals surface area (Å²) < 4.78 is 109. The summed E-state index contributed by atoms with van der Waals surface area (Å²) in [5.41, 5.74) is -3.69. The van der Waals surface area contributed by atoms with E-state index in [1.165, 1.54) is 41.2 Å². The van der Waals surface area contributed by atoms with E-state index in [0.29, 0.717) is 5.56 Å². The third-order valence-corrected chi connectivity index (χ3v) is 10.6. The van der Waals surface area contributed by atoms with Crippen molar-refractivity contribution in [2.24, 2.45) is 16.7 Å². The molecular formula is C42H43F7N4O5. The molecule has 1 atom stereocenters. The Hall–Kier alpha value is -5.25. The van der Waals surface area contributed by atoms with E-state index in [0.717, 1.165) is 36.4 Å². The van der Waals surface area contributed by atoms with Crippen LogP contribution in [-0.2, 0) is 33.6 Å². The van der Waals surface area contributed by atoms with Gasteiger partial charge in [-0.25, -0.2) is 9.18 Å². The second-order valence-electron chi connectivity index (χ2n) is 16.5. The number of nitrogens with zero attached hydrogens (tertiary/aromatic N) is 4. The van der Waals surface area contributed by atoms with Crippen LogP contribution in [0, 0.1) is 22.6 Å². The number of ether oxygens (including phenoxy) is 2. The van der Waals surface area contributed by atoms with Crippen LogP contribution < -0.4 is 0 Å². The fourth-order valence-corrected chi connectivity index (χ4v) is 7.38. The van der Waals surface area contributed by atoms with Crippen molar-refractivity contribution in [2.75, 3.05) is 32.8 Å². The molecule has 2 saturated heterocycles. The third kappa shape index (κ3) is 8.91. The van der Waals surface area contributed by atoms with Gasteiger partial charge in [-0.15, -0.1) is 0 Å². The summed E-state index contributed by atoms with van der Waals surface area (Å²) in [5, 5.41) is 4.27. The number of aromatic nitrogens is 2. The van der Waals surface area contributed by atoms with Crippen LogP contribution in [0.1, 0.15) is 72.0 Å². The Labute approximate surface area is 330 Å². The Morgan fingerprint density at radius 3 is 2.16 bits per heavy atom. The van der Waals surface area contributed by atoms with Crippen LogP contribution >= 0.6 is 0 Å². The zero-order valence-corrected chi connectivity index (χ0v) is 32.5. The molecule has 2 aliphatic rings. The zero-order chi connectivity index (χ0) is 42.4. The first-order valence-electron chi connectivity index (χ1n) is 18.5. The summed E-state index contributed by atoms with van der Waals surface area (Å²) in [5.74, 6) is -3.14. The minimum absolute atomic E-state index is 0.00198. The van der Waals surface area contributed by atoms with Gasteiger partial charge in [-0.05, 0) is 81.1 Å². The van der Waals surface area contributed by atoms with Crippen molar-refractivity contribution in [3.8, 4) is 11.1 Å². The van der Waals surface area contributed by atoms with Crippen molar-refractivity contribution in [3.05, 3.63) is 113 Å². The molecule has 16 heteroatoms. The van der Waals surface area contributed by atoms with E-state index in [1.54, 1.807) is 56.1 Å². The van der Waals surface area contributed by atoms with Crippen LogP contribution in [0.15, 0.2) is 79.1 Å². The van der Waals surface area contributed by atoms with Gasteiger partial charge in [-0.3, -0.25) is 14.3 Å². The molecule has 2 amide bonds. The molecule has 0 aliphatic carbocycles. The molecule has 58 heavy (non-hydrogen) atoms. The molecule has 2 aliphatic heterocycles. The summed E-state index contributed by atoms with van der Waals surface area (Å²) in [4.78, 5) is 43.3. The smallest absolute Gasteiger partial charge is 0.416 e. The predicted octanol–water partition coefficient (Wildman–Crippen LogP) is 8.42. The fraction of sp³-hybridized carbons (Fsp3) is 0.429. The highest BCUT2D eigenvalue weighted by Crippen LogP contribution is 2.48. The van der Waals surface area contributed by atoms with Crippen LogP contribution in [0.2, 0.25) is 0 Å². The first-order chi connectivity index (χ1) is 27.0. The predicted molar refractivity (Wildman–Crippen MR) is 198 cm³/mol. The van der Waals surface area contributed by atoms with Crippen molar-refractivity contribution in [1.82, 2.24) is 19.6 Å². The Bertz CT molecular complexity index is 2170. The van der Waals surface area contributed by atoms with Gasteiger partial charge in [0.2, 0.25) is 5.91 Å². The molecule has 6 rings (SSSR count). The Morgan fingerprint density at radius 1 is 0.862 bits per heavy atom. The lowest BCUT2D eigenvalue weighted by molar-refractivity contribution is -0.223. The zero-order valence-electron chi connectivity index (χ0n) is 32.5. The van der Waals surface area contributed by atoms with Crippen LogP contribution in [0.3, 0.4) is 0 Å². The average molecular weight is 817 g/mol. The van der Waals surface area contributed by atoms with Gasteiger partial charge in [0.05, 0.1) is 42.6 Å². The van der Waals surface area contributed by atoms with E-state index < -0.39 is 63.9 Å². The maximum absolute atomic E-state index is 13.9. The van der Waals surface area contributed by atoms with Gasteiger partial charge in [0.1, 0.15) is 16.8 Å². The number of carbonyl (C=O) groups is 3. The molecule has 2 fully saturated rings. The molecule has 0 saturated carbocycles. The number of rotatable bonds is 10. The molecule has 3 heterocycles. The van der Waals surface area contributed by atoms with Gasteiger partial charge in [0, 0.05) is 43.7 Å². The standard InChI is InChI=1S/C42H43F7N4O5/c1-38(2,3)58-36(55)34-28(9-7-11-33(34)27-8-6-10-30(16-27)41(44,45)46)21-57-22-31-20-51(23-40(31)24-52(25-40)37(56)39(4,5)42(47,48)49)35(54)29-17-50-53(19-29)18-26-12-14-32(43)15-13-26/h6-17,19,31H,18,20-25H2,1-5H3/t31-/m0/s1. The lowest BCUT2D eigenvalue weighted by Gasteiger charge is -2.52. The number of carbonyl (C=O) groups excluding carboxylic acids is 3. The number of benzene rings is 3. The lowest BCUT2D eigenvalue weighted by atomic mass is 9.70. The molecule has 4 aromatic rings. The number of hydrogen-bond donors (Lipinski definition) is 0. The summed E-state index contributed by atoms with van der Waals surface area (Å²) >= 11 is 0. The first kappa shape index (κ1) is 42.4. The van der Waals surface area contributed by atoms with Gasteiger partial charge >= 0.3 is 18.3 Å². The van der Waals surface area contributed by atoms with E-state index in [2.05, 4.69) is 5.10 Å². The Kier molecular flexibility index (Phi) is 11.3. The van der Waals surface area contributed by atoms with Crippen molar-refractivity contribution < 1.29 is 54.6 Å². The van der Waals surface area contributed by atoms with Gasteiger partial charge in [0.15, 0.2) is 0 Å². The largest absolute Gasteiger partial charge is 0.456 e. The van der Waals surface area contributed by atoms with Crippen molar-refractivity contribution in [3.63, 3.8) is 0 Å². The fourth-order valence-electron chi connectivity index (χ4n) is 7.38. The molecule has 9 nitrogen and oxygen atoms in total. The molecule has 0 N–H and O–H groups in total. The van der Waals surface area contributed by atoms with E-state index in [1.807, 2.05) is 0 Å². The van der Waals surface area contributed by atoms with Gasteiger partial charge in [-0.2, -0.15) is 31.4 Å². The molecule has 1 spiro atoms. The molecule has 310 valence electrons. The average Bonchev–Trinajstić information content (AvgIpc) is 3.75. The van der Waals surface area contributed by atoms with E-state index >= 15 is 0 Å². The molecule has 0 radical (unpaired) electrons. The summed E-state index contributed by atoms with van der Waals surface area (Å²) in [6, 6.07) is 15.0. The van der Waals surface area contributed by atoms with Crippen LogP contribution in [0.4, 0.5) is 30.7 Å². The number of hydrogen-bond acceptors (Lipinski definition) is 6. The number of amides is 2. The Balaban J connectivity index is 1.25. The maximum atomic E-state index is 13.9. The number of halogens is 7. The second-order valence-corrected chi connectivity index (χ2v) is 16.5. The molecule has 3 aromatic carbocycles. The van der Waals surface area contributed by atoms with Crippen LogP contribution in [-0.4, -0.2) is 81.9 Å². The lowest BCUT2D eigenvalue weighted by Crippen LogP contribution is -2.66. The van der Waals surface area contributed by atoms with Crippen LogP contribution in [0.5, 0.6) is 0 Å². The van der Waals surface area contributed by atoms with Crippen molar-refractivity contribution in [1.29, 1.82) is 0 Å². The number of likely N-dealkylation sites (tertiary alicyclic amines) is 2. The summed E-state index contributed by atoms with van der Waals surface area (Å²) in [6.07, 6.45) is -6.50. The normalized spacial score (nSPS) is 17.1. The SMILES string of the molecule is CC(C)(C)OC(=O)c1c(COC[C@@H]2CN(C(=O)c3cnn(Cc4ccc(F)cc4)c3)CC23CN(C(=O)C(C)(C)C(F)(F)F)C3)cccc1-c1cccc(C(F)(F)F)c1. The van der Waals surface area contributed by atoms with Gasteiger partial charge in [-0.1, -0.05) is 42.5 Å². The molecule has 1 aromatic heterocycles. The minimum atomic E-state index is -4.80. The highest BCUT2D eigenvalue weighted by atomic mass is 19.4. The molecule has 0 bridgehead atoms. The number of alkyl halides is 6. The van der Waals surface area contributed by atoms with Crippen molar-refractivity contribution in [2.45, 2.75) is 65.7 Å². The molecule has 0 unspecified atom stereocenters. The summed E-state index contributed by atoms with van der Waals surface area (Å²) in [7, 11) is 0. The van der Waals surface area contributed by atoms with Crippen molar-refractivity contribution >= 4 is 17.8 Å². The second kappa shape index (κ2) is 15.5.